The van der Waals surface area contributed by atoms with E-state index in [-0.39, 0.29) is 11.4 Å². The molecule has 6 nitrogen and oxygen atoms in total. The van der Waals surface area contributed by atoms with E-state index in [0.717, 1.165) is 11.6 Å². The lowest BCUT2D eigenvalue weighted by Crippen LogP contribution is -2.04. The third-order valence-electron chi connectivity index (χ3n) is 2.84. The summed E-state index contributed by atoms with van der Waals surface area (Å²) in [5.41, 5.74) is 1.07. The van der Waals surface area contributed by atoms with E-state index in [2.05, 4.69) is 5.32 Å². The lowest BCUT2D eigenvalue weighted by molar-refractivity contribution is -0.384. The van der Waals surface area contributed by atoms with E-state index in [1.807, 2.05) is 24.3 Å². The van der Waals surface area contributed by atoms with Crippen molar-refractivity contribution in [3.05, 3.63) is 58.1 Å². The fourth-order valence-corrected chi connectivity index (χ4v) is 1.86. The molecule has 0 aliphatic heterocycles. The summed E-state index contributed by atoms with van der Waals surface area (Å²) in [6.07, 6.45) is 0. The highest BCUT2D eigenvalue weighted by molar-refractivity contribution is 5.64. The molecule has 2 aromatic rings. The number of benzene rings is 2. The fourth-order valence-electron chi connectivity index (χ4n) is 1.86. The Morgan fingerprint density at radius 3 is 2.75 bits per heavy atom. The Morgan fingerprint density at radius 1 is 1.30 bits per heavy atom. The van der Waals surface area contributed by atoms with E-state index < -0.39 is 4.92 Å². The molecule has 104 valence electrons. The van der Waals surface area contributed by atoms with Crippen LogP contribution in [0.25, 0.3) is 0 Å². The monoisotopic (exact) mass is 274 g/mol. The van der Waals surface area contributed by atoms with Gasteiger partial charge in [-0.3, -0.25) is 10.1 Å². The summed E-state index contributed by atoms with van der Waals surface area (Å²) in [6, 6.07) is 11.4. The summed E-state index contributed by atoms with van der Waals surface area (Å²) in [6.45, 7) is 0.385. The lowest BCUT2D eigenvalue weighted by atomic mass is 10.2. The third kappa shape index (κ3) is 2.97. The van der Waals surface area contributed by atoms with Crippen LogP contribution in [0.1, 0.15) is 5.56 Å². The molecule has 20 heavy (non-hydrogen) atoms. The Hall–Kier alpha value is -2.76. The molecule has 0 saturated carbocycles. The standard InChI is InChI=1S/C14H14N2O4/c1-20-14-5-3-2-4-10(14)9-15-12-7-6-11(17)8-13(12)16(18)19/h2-8,15,17H,9H2,1H3. The van der Waals surface area contributed by atoms with Crippen LogP contribution in [-0.2, 0) is 6.54 Å². The van der Waals surface area contributed by atoms with Crippen molar-refractivity contribution in [1.82, 2.24) is 0 Å². The van der Waals surface area contributed by atoms with Gasteiger partial charge in [0.15, 0.2) is 0 Å². The Bertz CT molecular complexity index is 628. The van der Waals surface area contributed by atoms with E-state index in [9.17, 15) is 15.2 Å². The predicted molar refractivity (Wildman–Crippen MR) is 75.1 cm³/mol. The van der Waals surface area contributed by atoms with E-state index in [1.54, 1.807) is 7.11 Å². The van der Waals surface area contributed by atoms with Crippen LogP contribution in [-0.4, -0.2) is 17.1 Å². The van der Waals surface area contributed by atoms with Crippen molar-refractivity contribution in [1.29, 1.82) is 0 Å². The number of rotatable bonds is 5. The normalized spacial score (nSPS) is 10.1. The first-order valence-electron chi connectivity index (χ1n) is 5.95. The summed E-state index contributed by atoms with van der Waals surface area (Å²) in [4.78, 5) is 10.4. The maximum atomic E-state index is 10.9. The number of methoxy groups -OCH3 is 1. The van der Waals surface area contributed by atoms with Crippen LogP contribution in [0.5, 0.6) is 11.5 Å². The number of anilines is 1. The molecule has 0 spiro atoms. The number of phenols is 1. The van der Waals surface area contributed by atoms with Crippen LogP contribution < -0.4 is 10.1 Å². The van der Waals surface area contributed by atoms with Crippen LogP contribution in [0.2, 0.25) is 0 Å². The van der Waals surface area contributed by atoms with Crippen LogP contribution in [0.3, 0.4) is 0 Å². The topological polar surface area (TPSA) is 84.6 Å². The van der Waals surface area contributed by atoms with Gasteiger partial charge in [0.1, 0.15) is 17.2 Å². The van der Waals surface area contributed by atoms with E-state index in [1.165, 1.54) is 12.1 Å². The van der Waals surface area contributed by atoms with Crippen molar-refractivity contribution in [2.24, 2.45) is 0 Å². The molecular weight excluding hydrogens is 260 g/mol. The van der Waals surface area contributed by atoms with Crippen molar-refractivity contribution >= 4 is 11.4 Å². The van der Waals surface area contributed by atoms with Crippen LogP contribution >= 0.6 is 0 Å². The smallest absolute Gasteiger partial charge is 0.296 e. The largest absolute Gasteiger partial charge is 0.508 e. The molecule has 0 heterocycles. The number of nitrogens with zero attached hydrogens (tertiary/aromatic N) is 1. The van der Waals surface area contributed by atoms with Gasteiger partial charge in [0, 0.05) is 12.1 Å². The summed E-state index contributed by atoms with van der Waals surface area (Å²) < 4.78 is 5.22. The Morgan fingerprint density at radius 2 is 2.05 bits per heavy atom. The summed E-state index contributed by atoms with van der Waals surface area (Å²) in [5, 5.41) is 23.2. The zero-order chi connectivity index (χ0) is 14.5. The molecule has 0 fully saturated rings. The average Bonchev–Trinajstić information content (AvgIpc) is 2.46. The van der Waals surface area contributed by atoms with Crippen LogP contribution in [0.15, 0.2) is 42.5 Å². The van der Waals surface area contributed by atoms with Crippen LogP contribution in [0.4, 0.5) is 11.4 Å². The predicted octanol–water partition coefficient (Wildman–Crippen LogP) is 2.92. The third-order valence-corrected chi connectivity index (χ3v) is 2.84. The molecular formula is C14H14N2O4. The highest BCUT2D eigenvalue weighted by atomic mass is 16.6. The molecule has 0 aliphatic rings. The number of nitro groups is 1. The molecule has 0 amide bonds. The van der Waals surface area contributed by atoms with Gasteiger partial charge in [0.05, 0.1) is 18.1 Å². The number of hydrogen-bond donors (Lipinski definition) is 2. The second-order valence-corrected chi connectivity index (χ2v) is 4.12. The molecule has 0 aliphatic carbocycles. The molecule has 0 radical (unpaired) electrons. The van der Waals surface area contributed by atoms with Gasteiger partial charge < -0.3 is 15.2 Å². The molecule has 0 atom stereocenters. The minimum absolute atomic E-state index is 0.139. The van der Waals surface area contributed by atoms with Crippen molar-refractivity contribution in [3.8, 4) is 11.5 Å². The van der Waals surface area contributed by atoms with Crippen LogP contribution in [0, 0.1) is 10.1 Å². The second-order valence-electron chi connectivity index (χ2n) is 4.12. The zero-order valence-corrected chi connectivity index (χ0v) is 10.9. The lowest BCUT2D eigenvalue weighted by Gasteiger charge is -2.10. The number of para-hydroxylation sites is 1. The SMILES string of the molecule is COc1ccccc1CNc1ccc(O)cc1[N+](=O)[O-]. The van der Waals surface area contributed by atoms with Gasteiger partial charge in [-0.15, -0.1) is 0 Å². The summed E-state index contributed by atoms with van der Waals surface area (Å²) in [5.74, 6) is 0.570. The number of nitro benzene ring substituents is 1. The quantitative estimate of drug-likeness (QED) is 0.497. The average molecular weight is 274 g/mol. The number of nitrogens with one attached hydrogen (secondary N) is 1. The van der Waals surface area contributed by atoms with Gasteiger partial charge >= 0.3 is 0 Å². The first-order chi connectivity index (χ1) is 9.61. The molecule has 0 bridgehead atoms. The van der Waals surface area contributed by atoms with Crippen molar-refractivity contribution < 1.29 is 14.8 Å². The second kappa shape index (κ2) is 5.92. The Balaban J connectivity index is 2.21. The molecule has 0 aromatic heterocycles. The van der Waals surface area contributed by atoms with Gasteiger partial charge in [-0.05, 0) is 18.2 Å². The minimum Gasteiger partial charge on any atom is -0.508 e. The van der Waals surface area contributed by atoms with Gasteiger partial charge in [-0.2, -0.15) is 0 Å². The van der Waals surface area contributed by atoms with Crippen molar-refractivity contribution in [3.63, 3.8) is 0 Å². The number of phenolic OH excluding ortho intramolecular Hbond substituents is 1. The molecule has 6 heteroatoms. The van der Waals surface area contributed by atoms with Gasteiger partial charge in [-0.25, -0.2) is 0 Å². The minimum atomic E-state index is -0.537. The molecule has 2 aromatic carbocycles. The van der Waals surface area contributed by atoms with Gasteiger partial charge in [-0.1, -0.05) is 18.2 Å². The number of hydrogen-bond acceptors (Lipinski definition) is 5. The highest BCUT2D eigenvalue weighted by Crippen LogP contribution is 2.29. The fraction of sp³-hybridized carbons (Fsp3) is 0.143. The maximum absolute atomic E-state index is 10.9. The summed E-state index contributed by atoms with van der Waals surface area (Å²) >= 11 is 0. The first-order valence-corrected chi connectivity index (χ1v) is 5.95. The molecule has 0 unspecified atom stereocenters. The molecule has 2 rings (SSSR count). The Kier molecular flexibility index (Phi) is 4.05. The molecule has 0 saturated heterocycles. The van der Waals surface area contributed by atoms with Gasteiger partial charge in [0.25, 0.3) is 5.69 Å². The first kappa shape index (κ1) is 13.7. The highest BCUT2D eigenvalue weighted by Gasteiger charge is 2.14. The summed E-state index contributed by atoms with van der Waals surface area (Å²) in [7, 11) is 1.57. The van der Waals surface area contributed by atoms with Crippen molar-refractivity contribution in [2.45, 2.75) is 6.54 Å². The molecule has 2 N–H and O–H groups in total. The van der Waals surface area contributed by atoms with Gasteiger partial charge in [0.2, 0.25) is 0 Å². The number of ether oxygens (including phenoxy) is 1. The Labute approximate surface area is 115 Å². The van der Waals surface area contributed by atoms with E-state index in [0.29, 0.717) is 18.0 Å². The van der Waals surface area contributed by atoms with Crippen molar-refractivity contribution in [2.75, 3.05) is 12.4 Å². The maximum Gasteiger partial charge on any atom is 0.296 e. The number of aromatic hydroxyl groups is 1. The zero-order valence-electron chi connectivity index (χ0n) is 10.9. The van der Waals surface area contributed by atoms with E-state index in [4.69, 9.17) is 4.74 Å². The van der Waals surface area contributed by atoms with E-state index >= 15 is 0 Å².